The van der Waals surface area contributed by atoms with Crippen LogP contribution in [0, 0.1) is 5.95 Å². The second kappa shape index (κ2) is 4.78. The molecule has 94 valence electrons. The smallest absolute Gasteiger partial charge is 0.341 e. The van der Waals surface area contributed by atoms with Gasteiger partial charge in [-0.05, 0) is 12.1 Å². The Hall–Kier alpha value is -2.51. The molecule has 2 aromatic heterocycles. The summed E-state index contributed by atoms with van der Waals surface area (Å²) in [4.78, 5) is 17.7. The van der Waals surface area contributed by atoms with Crippen molar-refractivity contribution in [2.75, 3.05) is 6.61 Å². The SMILES string of the molecule is Cn1nc(OCC(=O)O)nc1-c1cccnc1F. The number of ether oxygens (including phenoxy) is 1. The number of hydrogen-bond donors (Lipinski definition) is 1. The van der Waals surface area contributed by atoms with Crippen LogP contribution in [0.2, 0.25) is 0 Å². The van der Waals surface area contributed by atoms with Crippen molar-refractivity contribution in [1.82, 2.24) is 19.7 Å². The van der Waals surface area contributed by atoms with Crippen molar-refractivity contribution in [2.45, 2.75) is 0 Å². The number of rotatable bonds is 4. The van der Waals surface area contributed by atoms with Crippen molar-refractivity contribution in [3.05, 3.63) is 24.3 Å². The summed E-state index contributed by atoms with van der Waals surface area (Å²) in [5, 5.41) is 12.3. The van der Waals surface area contributed by atoms with Crippen LogP contribution >= 0.6 is 0 Å². The lowest BCUT2D eigenvalue weighted by molar-refractivity contribution is -0.139. The lowest BCUT2D eigenvalue weighted by Crippen LogP contribution is -2.10. The van der Waals surface area contributed by atoms with Crippen LogP contribution in [0.3, 0.4) is 0 Å². The first-order chi connectivity index (χ1) is 8.58. The standard InChI is InChI=1S/C10H9FN4O3/c1-15-9(6-3-2-4-12-8(6)11)13-10(14-15)18-5-7(16)17/h2-4H,5H2,1H3,(H,16,17). The summed E-state index contributed by atoms with van der Waals surface area (Å²) in [5.74, 6) is -1.62. The van der Waals surface area contributed by atoms with Crippen molar-refractivity contribution < 1.29 is 19.0 Å². The average molecular weight is 252 g/mol. The Balaban J connectivity index is 2.30. The van der Waals surface area contributed by atoms with Crippen LogP contribution in [0.1, 0.15) is 0 Å². The summed E-state index contributed by atoms with van der Waals surface area (Å²) < 4.78 is 19.5. The predicted molar refractivity (Wildman–Crippen MR) is 57.3 cm³/mol. The molecule has 8 heteroatoms. The molecule has 0 aliphatic heterocycles. The Kier molecular flexibility index (Phi) is 3.18. The molecule has 1 N–H and O–H groups in total. The van der Waals surface area contributed by atoms with Crippen LogP contribution in [-0.4, -0.2) is 37.4 Å². The maximum absolute atomic E-state index is 13.5. The lowest BCUT2D eigenvalue weighted by Gasteiger charge is -1.99. The zero-order valence-electron chi connectivity index (χ0n) is 9.37. The van der Waals surface area contributed by atoms with Gasteiger partial charge < -0.3 is 9.84 Å². The van der Waals surface area contributed by atoms with E-state index in [0.29, 0.717) is 0 Å². The van der Waals surface area contributed by atoms with E-state index in [1.54, 1.807) is 13.1 Å². The fraction of sp³-hybridized carbons (Fsp3) is 0.200. The van der Waals surface area contributed by atoms with Crippen LogP contribution in [-0.2, 0) is 11.8 Å². The molecule has 7 nitrogen and oxygen atoms in total. The van der Waals surface area contributed by atoms with Gasteiger partial charge in [-0.15, -0.1) is 5.10 Å². The number of carboxylic acids is 1. The van der Waals surface area contributed by atoms with E-state index in [1.807, 2.05) is 0 Å². The summed E-state index contributed by atoms with van der Waals surface area (Å²) in [6.07, 6.45) is 1.32. The molecule has 0 saturated carbocycles. The molecule has 0 atom stereocenters. The highest BCUT2D eigenvalue weighted by atomic mass is 19.1. The van der Waals surface area contributed by atoms with Gasteiger partial charge in [0.25, 0.3) is 0 Å². The number of aliphatic carboxylic acids is 1. The number of pyridine rings is 1. The second-order valence-electron chi connectivity index (χ2n) is 3.37. The number of carboxylic acid groups (broad SMARTS) is 1. The van der Waals surface area contributed by atoms with E-state index in [4.69, 9.17) is 9.84 Å². The number of aromatic nitrogens is 4. The number of hydrogen-bond acceptors (Lipinski definition) is 5. The van der Waals surface area contributed by atoms with Gasteiger partial charge in [-0.1, -0.05) is 0 Å². The van der Waals surface area contributed by atoms with Gasteiger partial charge in [0, 0.05) is 13.2 Å². The first-order valence-electron chi connectivity index (χ1n) is 4.94. The Morgan fingerprint density at radius 3 is 3.06 bits per heavy atom. The van der Waals surface area contributed by atoms with Crippen LogP contribution in [0.15, 0.2) is 18.3 Å². The summed E-state index contributed by atoms with van der Waals surface area (Å²) in [6, 6.07) is 2.93. The molecule has 18 heavy (non-hydrogen) atoms. The molecule has 2 aromatic rings. The Morgan fingerprint density at radius 1 is 1.61 bits per heavy atom. The minimum absolute atomic E-state index is 0.127. The first-order valence-corrected chi connectivity index (χ1v) is 4.94. The normalized spacial score (nSPS) is 10.3. The minimum atomic E-state index is -1.14. The Labute approximate surface area is 101 Å². The van der Waals surface area contributed by atoms with E-state index in [-0.39, 0.29) is 17.4 Å². The highest BCUT2D eigenvalue weighted by Crippen LogP contribution is 2.20. The van der Waals surface area contributed by atoms with Crippen molar-refractivity contribution in [1.29, 1.82) is 0 Å². The zero-order valence-corrected chi connectivity index (χ0v) is 9.37. The van der Waals surface area contributed by atoms with Gasteiger partial charge >= 0.3 is 12.0 Å². The highest BCUT2D eigenvalue weighted by molar-refractivity contribution is 5.68. The van der Waals surface area contributed by atoms with Gasteiger partial charge in [0.15, 0.2) is 12.4 Å². The Morgan fingerprint density at radius 2 is 2.39 bits per heavy atom. The summed E-state index contributed by atoms with van der Waals surface area (Å²) >= 11 is 0. The molecule has 0 aliphatic rings. The minimum Gasteiger partial charge on any atom is -0.479 e. The molecular formula is C10H9FN4O3. The van der Waals surface area contributed by atoms with E-state index in [2.05, 4.69) is 15.1 Å². The van der Waals surface area contributed by atoms with Gasteiger partial charge in [0.05, 0.1) is 5.56 Å². The van der Waals surface area contributed by atoms with Gasteiger partial charge in [-0.2, -0.15) is 9.37 Å². The topological polar surface area (TPSA) is 90.1 Å². The third kappa shape index (κ3) is 2.42. The fourth-order valence-electron chi connectivity index (χ4n) is 1.34. The van der Waals surface area contributed by atoms with Gasteiger partial charge in [0.1, 0.15) is 0 Å². The predicted octanol–water partition coefficient (Wildman–Crippen LogP) is 0.480. The third-order valence-electron chi connectivity index (χ3n) is 2.07. The largest absolute Gasteiger partial charge is 0.479 e. The van der Waals surface area contributed by atoms with E-state index in [0.717, 1.165) is 0 Å². The molecule has 2 heterocycles. The van der Waals surface area contributed by atoms with Gasteiger partial charge in [0.2, 0.25) is 5.95 Å². The maximum Gasteiger partial charge on any atom is 0.341 e. The Bertz CT molecular complexity index is 584. The zero-order chi connectivity index (χ0) is 13.1. The van der Waals surface area contributed by atoms with Crippen LogP contribution < -0.4 is 4.74 Å². The molecule has 0 aliphatic carbocycles. The van der Waals surface area contributed by atoms with Crippen LogP contribution in [0.5, 0.6) is 6.01 Å². The van der Waals surface area contributed by atoms with E-state index in [1.165, 1.54) is 16.9 Å². The average Bonchev–Trinajstić information content (AvgIpc) is 2.69. The molecule has 0 spiro atoms. The number of carbonyl (C=O) groups is 1. The third-order valence-corrected chi connectivity index (χ3v) is 2.07. The molecule has 2 rings (SSSR count). The van der Waals surface area contributed by atoms with Crippen molar-refractivity contribution in [3.8, 4) is 17.4 Å². The number of nitrogens with zero attached hydrogens (tertiary/aromatic N) is 4. The molecule has 0 fully saturated rings. The number of aryl methyl sites for hydroxylation is 1. The molecule has 0 amide bonds. The first kappa shape index (κ1) is 12.0. The van der Waals surface area contributed by atoms with Crippen molar-refractivity contribution >= 4 is 5.97 Å². The summed E-state index contributed by atoms with van der Waals surface area (Å²) in [6.45, 7) is -0.557. The molecule has 0 aromatic carbocycles. The van der Waals surface area contributed by atoms with Crippen LogP contribution in [0.4, 0.5) is 4.39 Å². The summed E-state index contributed by atoms with van der Waals surface area (Å²) in [7, 11) is 1.54. The van der Waals surface area contributed by atoms with Crippen LogP contribution in [0.25, 0.3) is 11.4 Å². The number of halogens is 1. The highest BCUT2D eigenvalue weighted by Gasteiger charge is 2.15. The quantitative estimate of drug-likeness (QED) is 0.796. The van der Waals surface area contributed by atoms with E-state index >= 15 is 0 Å². The maximum atomic E-state index is 13.5. The summed E-state index contributed by atoms with van der Waals surface area (Å²) in [5.41, 5.74) is 0.165. The molecule has 0 unspecified atom stereocenters. The molecule has 0 bridgehead atoms. The van der Waals surface area contributed by atoms with E-state index < -0.39 is 18.5 Å². The monoisotopic (exact) mass is 252 g/mol. The second-order valence-corrected chi connectivity index (χ2v) is 3.37. The van der Waals surface area contributed by atoms with Crippen molar-refractivity contribution in [3.63, 3.8) is 0 Å². The molecule has 0 saturated heterocycles. The fourth-order valence-corrected chi connectivity index (χ4v) is 1.34. The van der Waals surface area contributed by atoms with Gasteiger partial charge in [-0.25, -0.2) is 14.5 Å². The molecule has 0 radical (unpaired) electrons. The molecular weight excluding hydrogens is 243 g/mol. The van der Waals surface area contributed by atoms with E-state index in [9.17, 15) is 9.18 Å². The van der Waals surface area contributed by atoms with Crippen molar-refractivity contribution in [2.24, 2.45) is 7.05 Å². The van der Waals surface area contributed by atoms with Gasteiger partial charge in [-0.3, -0.25) is 0 Å². The lowest BCUT2D eigenvalue weighted by atomic mass is 10.2.